The second-order valence-corrected chi connectivity index (χ2v) is 7.73. The minimum atomic E-state index is -0.991. The van der Waals surface area contributed by atoms with E-state index in [1.54, 1.807) is 27.7 Å². The van der Waals surface area contributed by atoms with Gasteiger partial charge in [0.25, 0.3) is 5.91 Å². The Morgan fingerprint density at radius 1 is 1.17 bits per heavy atom. The number of carbonyl (C=O) groups is 5. The number of nitrogens with zero attached hydrogens (tertiary/aromatic N) is 1. The number of hydrogen-bond acceptors (Lipinski definition) is 7. The van der Waals surface area contributed by atoms with E-state index in [9.17, 15) is 24.0 Å². The summed E-state index contributed by atoms with van der Waals surface area (Å²) in [5.74, 6) is -2.35. The highest BCUT2D eigenvalue weighted by Crippen LogP contribution is 2.42. The first-order valence-electron chi connectivity index (χ1n) is 9.79. The number of nitrogens with one attached hydrogen (secondary N) is 2. The van der Waals surface area contributed by atoms with E-state index in [0.29, 0.717) is 11.3 Å². The van der Waals surface area contributed by atoms with Gasteiger partial charge in [0, 0.05) is 5.69 Å². The van der Waals surface area contributed by atoms with Crippen LogP contribution in [-0.2, 0) is 19.1 Å². The van der Waals surface area contributed by atoms with E-state index < -0.39 is 48.4 Å². The highest BCUT2D eigenvalue weighted by Gasteiger charge is 2.56. The zero-order valence-electron chi connectivity index (χ0n) is 17.4. The Morgan fingerprint density at radius 3 is 2.43 bits per heavy atom. The van der Waals surface area contributed by atoms with Gasteiger partial charge in [-0.25, -0.2) is 9.59 Å². The van der Waals surface area contributed by atoms with Gasteiger partial charge in [0.15, 0.2) is 6.61 Å². The van der Waals surface area contributed by atoms with Crippen molar-refractivity contribution in [2.75, 3.05) is 19.8 Å². The molecule has 1 atom stereocenters. The van der Waals surface area contributed by atoms with Gasteiger partial charge in [-0.3, -0.25) is 19.3 Å². The number of urea groups is 1. The van der Waals surface area contributed by atoms with Crippen LogP contribution in [0.2, 0.25) is 0 Å². The molecular formula is C20H25N3O7. The maximum Gasteiger partial charge on any atom is 0.340 e. The van der Waals surface area contributed by atoms with Crippen LogP contribution in [0.1, 0.15) is 58.8 Å². The molecule has 1 aromatic heterocycles. The summed E-state index contributed by atoms with van der Waals surface area (Å²) in [5.41, 5.74) is 0.292. The van der Waals surface area contributed by atoms with Crippen molar-refractivity contribution in [3.63, 3.8) is 0 Å². The van der Waals surface area contributed by atoms with Gasteiger partial charge in [0.1, 0.15) is 12.1 Å². The predicted molar refractivity (Wildman–Crippen MR) is 103 cm³/mol. The maximum atomic E-state index is 12.5. The minimum absolute atomic E-state index is 0.0734. The number of esters is 2. The van der Waals surface area contributed by atoms with Gasteiger partial charge >= 0.3 is 18.0 Å². The summed E-state index contributed by atoms with van der Waals surface area (Å²) < 4.78 is 9.96. The molecule has 0 unspecified atom stereocenters. The van der Waals surface area contributed by atoms with Gasteiger partial charge in [0.05, 0.1) is 17.9 Å². The standard InChI is InChI=1S/C20H25N3O7/c1-5-29-17(26)15-10(2)16(21-11(15)3)13(24)9-30-14(25)8-23-18(27)20(4,12-6-7-12)22-19(23)28/h12,21H,5-9H2,1-4H3,(H,22,28)/t20-/m0/s1. The molecule has 2 aliphatic rings. The Labute approximate surface area is 173 Å². The van der Waals surface area contributed by atoms with Crippen molar-refractivity contribution in [1.82, 2.24) is 15.2 Å². The molecular weight excluding hydrogens is 394 g/mol. The van der Waals surface area contributed by atoms with Crippen molar-refractivity contribution in [1.29, 1.82) is 0 Å². The molecule has 0 bridgehead atoms. The zero-order chi connectivity index (χ0) is 22.2. The number of ether oxygens (including phenoxy) is 2. The molecule has 1 aliphatic carbocycles. The molecule has 3 rings (SSSR count). The first-order chi connectivity index (χ1) is 14.1. The number of Topliss-reactive ketones (excluding diaryl/α,β-unsaturated/α-hetero) is 1. The molecule has 0 spiro atoms. The van der Waals surface area contributed by atoms with Crippen LogP contribution in [0.15, 0.2) is 0 Å². The molecule has 2 fully saturated rings. The molecule has 1 saturated carbocycles. The Morgan fingerprint density at radius 2 is 1.83 bits per heavy atom. The van der Waals surface area contributed by atoms with Crippen LogP contribution >= 0.6 is 0 Å². The van der Waals surface area contributed by atoms with E-state index in [-0.39, 0.29) is 23.8 Å². The Hall–Kier alpha value is -3.17. The van der Waals surface area contributed by atoms with Crippen LogP contribution in [0, 0.1) is 19.8 Å². The van der Waals surface area contributed by atoms with Crippen molar-refractivity contribution < 1.29 is 33.4 Å². The number of ketones is 1. The van der Waals surface area contributed by atoms with Crippen LogP contribution in [0.3, 0.4) is 0 Å². The Bertz CT molecular complexity index is 931. The van der Waals surface area contributed by atoms with Gasteiger partial charge < -0.3 is 19.8 Å². The summed E-state index contributed by atoms with van der Waals surface area (Å²) in [5, 5.41) is 2.64. The highest BCUT2D eigenvalue weighted by molar-refractivity contribution is 6.09. The summed E-state index contributed by atoms with van der Waals surface area (Å²) in [6.45, 7) is 5.60. The average molecular weight is 419 g/mol. The van der Waals surface area contributed by atoms with Crippen molar-refractivity contribution in [3.8, 4) is 0 Å². The van der Waals surface area contributed by atoms with E-state index in [4.69, 9.17) is 9.47 Å². The lowest BCUT2D eigenvalue weighted by molar-refractivity contribution is -0.146. The number of H-pyrrole nitrogens is 1. The number of carbonyl (C=O) groups excluding carboxylic acids is 5. The number of rotatable bonds is 8. The normalized spacial score (nSPS) is 20.9. The highest BCUT2D eigenvalue weighted by atomic mass is 16.5. The number of aromatic amines is 1. The monoisotopic (exact) mass is 419 g/mol. The lowest BCUT2D eigenvalue weighted by Gasteiger charge is -2.20. The smallest absolute Gasteiger partial charge is 0.340 e. The summed E-state index contributed by atoms with van der Waals surface area (Å²) in [6.07, 6.45) is 1.69. The fourth-order valence-electron chi connectivity index (χ4n) is 3.73. The minimum Gasteiger partial charge on any atom is -0.462 e. The van der Waals surface area contributed by atoms with E-state index in [1.807, 2.05) is 0 Å². The molecule has 3 amide bonds. The van der Waals surface area contributed by atoms with E-state index in [2.05, 4.69) is 10.3 Å². The predicted octanol–water partition coefficient (Wildman–Crippen LogP) is 1.25. The zero-order valence-corrected chi connectivity index (χ0v) is 17.4. The fourth-order valence-corrected chi connectivity index (χ4v) is 3.73. The number of aromatic nitrogens is 1. The number of hydrogen-bond donors (Lipinski definition) is 2. The molecule has 1 aliphatic heterocycles. The molecule has 2 N–H and O–H groups in total. The summed E-state index contributed by atoms with van der Waals surface area (Å²) in [6, 6.07) is -0.646. The molecule has 162 valence electrons. The van der Waals surface area contributed by atoms with E-state index in [1.165, 1.54) is 0 Å². The number of amides is 3. The Balaban J connectivity index is 1.60. The lowest BCUT2D eigenvalue weighted by Crippen LogP contribution is -2.46. The van der Waals surface area contributed by atoms with Crippen molar-refractivity contribution >= 4 is 29.7 Å². The lowest BCUT2D eigenvalue weighted by atomic mass is 9.96. The second-order valence-electron chi connectivity index (χ2n) is 7.73. The molecule has 1 aromatic rings. The summed E-state index contributed by atoms with van der Waals surface area (Å²) in [7, 11) is 0. The third kappa shape index (κ3) is 3.81. The van der Waals surface area contributed by atoms with Crippen LogP contribution in [0.4, 0.5) is 4.79 Å². The first kappa shape index (κ1) is 21.5. The van der Waals surface area contributed by atoms with Crippen LogP contribution in [0.5, 0.6) is 0 Å². The number of imide groups is 1. The van der Waals surface area contributed by atoms with Gasteiger partial charge in [-0.1, -0.05) is 0 Å². The van der Waals surface area contributed by atoms with E-state index in [0.717, 1.165) is 17.7 Å². The quantitative estimate of drug-likeness (QED) is 0.368. The summed E-state index contributed by atoms with van der Waals surface area (Å²) >= 11 is 0. The molecule has 2 heterocycles. The third-order valence-electron chi connectivity index (χ3n) is 5.54. The van der Waals surface area contributed by atoms with Crippen molar-refractivity contribution in [2.24, 2.45) is 5.92 Å². The molecule has 0 radical (unpaired) electrons. The molecule has 10 heteroatoms. The summed E-state index contributed by atoms with van der Waals surface area (Å²) in [4.78, 5) is 64.9. The molecule has 30 heavy (non-hydrogen) atoms. The van der Waals surface area contributed by atoms with E-state index >= 15 is 0 Å². The van der Waals surface area contributed by atoms with Gasteiger partial charge in [-0.05, 0) is 52.0 Å². The van der Waals surface area contributed by atoms with Gasteiger partial charge in [-0.2, -0.15) is 0 Å². The molecule has 1 saturated heterocycles. The largest absolute Gasteiger partial charge is 0.462 e. The van der Waals surface area contributed by atoms with Crippen molar-refractivity contribution in [3.05, 3.63) is 22.5 Å². The molecule has 10 nitrogen and oxygen atoms in total. The van der Waals surface area contributed by atoms with Crippen LogP contribution in [0.25, 0.3) is 0 Å². The maximum absolute atomic E-state index is 12.5. The van der Waals surface area contributed by atoms with Gasteiger partial charge in [-0.15, -0.1) is 0 Å². The second kappa shape index (κ2) is 7.92. The topological polar surface area (TPSA) is 135 Å². The fraction of sp³-hybridized carbons (Fsp3) is 0.550. The van der Waals surface area contributed by atoms with Crippen LogP contribution < -0.4 is 5.32 Å². The molecule has 0 aromatic carbocycles. The first-order valence-corrected chi connectivity index (χ1v) is 9.79. The SMILES string of the molecule is CCOC(=O)c1c(C)[nH]c(C(=O)COC(=O)CN2C(=O)N[C@@](C)(C3CC3)C2=O)c1C. The average Bonchev–Trinajstić information content (AvgIpc) is 3.45. The van der Waals surface area contributed by atoms with Crippen LogP contribution in [-0.4, -0.2) is 64.8 Å². The van der Waals surface area contributed by atoms with Gasteiger partial charge in [0.2, 0.25) is 5.78 Å². The third-order valence-corrected chi connectivity index (χ3v) is 5.54. The van der Waals surface area contributed by atoms with Crippen molar-refractivity contribution in [2.45, 2.75) is 46.1 Å². The number of aryl methyl sites for hydroxylation is 1. The Kier molecular flexibility index (Phi) is 5.69.